The Bertz CT molecular complexity index is 378. The van der Waals surface area contributed by atoms with Crippen LogP contribution in [0, 0.1) is 5.92 Å². The minimum Gasteiger partial charge on any atom is -0.468 e. The standard InChI is InChI=1S/C9H12N2O6/c1-15-7(12)4-5(8(13)16-2)10-11-6(4)9(14)17-3/h4-5,10H,1-3H3/t4-,5+/m0/s1. The Kier molecular flexibility index (Phi) is 4.02. The second kappa shape index (κ2) is 5.28. The van der Waals surface area contributed by atoms with Crippen LogP contribution in [0.1, 0.15) is 0 Å². The van der Waals surface area contributed by atoms with Crippen molar-refractivity contribution in [1.82, 2.24) is 5.43 Å². The lowest BCUT2D eigenvalue weighted by molar-refractivity contribution is -0.152. The van der Waals surface area contributed by atoms with Gasteiger partial charge in [-0.25, -0.2) is 9.59 Å². The summed E-state index contributed by atoms with van der Waals surface area (Å²) in [7, 11) is 3.45. The van der Waals surface area contributed by atoms with Gasteiger partial charge in [0.2, 0.25) is 0 Å². The zero-order chi connectivity index (χ0) is 13.0. The highest BCUT2D eigenvalue weighted by Crippen LogP contribution is 2.17. The number of nitrogens with zero attached hydrogens (tertiary/aromatic N) is 1. The molecule has 0 aromatic carbocycles. The highest BCUT2D eigenvalue weighted by molar-refractivity contribution is 6.41. The summed E-state index contributed by atoms with van der Waals surface area (Å²) in [6.45, 7) is 0. The van der Waals surface area contributed by atoms with Gasteiger partial charge >= 0.3 is 17.9 Å². The molecule has 0 aromatic heterocycles. The predicted octanol–water partition coefficient (Wildman–Crippen LogP) is -1.55. The lowest BCUT2D eigenvalue weighted by Gasteiger charge is -2.15. The van der Waals surface area contributed by atoms with E-state index in [4.69, 9.17) is 0 Å². The molecule has 0 unspecified atom stereocenters. The van der Waals surface area contributed by atoms with Crippen LogP contribution < -0.4 is 5.43 Å². The van der Waals surface area contributed by atoms with Crippen molar-refractivity contribution in [3.8, 4) is 0 Å². The molecule has 1 N–H and O–H groups in total. The fourth-order valence-electron chi connectivity index (χ4n) is 1.41. The second-order valence-electron chi connectivity index (χ2n) is 3.12. The molecule has 1 aliphatic rings. The van der Waals surface area contributed by atoms with E-state index < -0.39 is 29.9 Å². The molecule has 0 amide bonds. The van der Waals surface area contributed by atoms with Gasteiger partial charge in [0, 0.05) is 0 Å². The summed E-state index contributed by atoms with van der Waals surface area (Å²) in [5, 5.41) is 3.60. The largest absolute Gasteiger partial charge is 0.468 e. The lowest BCUT2D eigenvalue weighted by atomic mass is 9.96. The monoisotopic (exact) mass is 244 g/mol. The van der Waals surface area contributed by atoms with Gasteiger partial charge in [-0.15, -0.1) is 0 Å². The van der Waals surface area contributed by atoms with Crippen LogP contribution in [0.3, 0.4) is 0 Å². The minimum atomic E-state index is -1.17. The molecule has 2 atom stereocenters. The van der Waals surface area contributed by atoms with Gasteiger partial charge in [0.15, 0.2) is 11.8 Å². The van der Waals surface area contributed by atoms with Crippen LogP contribution in [0.2, 0.25) is 0 Å². The van der Waals surface area contributed by atoms with Crippen molar-refractivity contribution in [3.05, 3.63) is 0 Å². The number of hydrogen-bond acceptors (Lipinski definition) is 8. The smallest absolute Gasteiger partial charge is 0.355 e. The minimum absolute atomic E-state index is 0.213. The van der Waals surface area contributed by atoms with Gasteiger partial charge in [0.1, 0.15) is 5.92 Å². The van der Waals surface area contributed by atoms with Crippen LogP contribution in [0.15, 0.2) is 5.10 Å². The number of hydrogen-bond donors (Lipinski definition) is 1. The maximum atomic E-state index is 11.5. The van der Waals surface area contributed by atoms with E-state index in [-0.39, 0.29) is 5.71 Å². The molecule has 0 bridgehead atoms. The molecule has 8 heteroatoms. The Labute approximate surface area is 96.9 Å². The van der Waals surface area contributed by atoms with Crippen LogP contribution in [0.25, 0.3) is 0 Å². The first-order chi connectivity index (χ1) is 8.06. The van der Waals surface area contributed by atoms with Gasteiger partial charge in [0.25, 0.3) is 0 Å². The van der Waals surface area contributed by atoms with Crippen molar-refractivity contribution in [2.24, 2.45) is 11.0 Å². The topological polar surface area (TPSA) is 103 Å². The van der Waals surface area contributed by atoms with Crippen molar-refractivity contribution >= 4 is 23.6 Å². The Morgan fingerprint density at radius 3 is 2.12 bits per heavy atom. The van der Waals surface area contributed by atoms with E-state index >= 15 is 0 Å². The zero-order valence-corrected chi connectivity index (χ0v) is 9.55. The van der Waals surface area contributed by atoms with Crippen molar-refractivity contribution in [2.75, 3.05) is 21.3 Å². The third-order valence-electron chi connectivity index (χ3n) is 2.26. The maximum absolute atomic E-state index is 11.5. The molecule has 8 nitrogen and oxygen atoms in total. The fourth-order valence-corrected chi connectivity index (χ4v) is 1.41. The van der Waals surface area contributed by atoms with Gasteiger partial charge in [0.05, 0.1) is 21.3 Å². The summed E-state index contributed by atoms with van der Waals surface area (Å²) >= 11 is 0. The van der Waals surface area contributed by atoms with Crippen LogP contribution in [-0.2, 0) is 28.6 Å². The average molecular weight is 244 g/mol. The first-order valence-corrected chi connectivity index (χ1v) is 4.63. The summed E-state index contributed by atoms with van der Waals surface area (Å²) in [5.74, 6) is -3.46. The van der Waals surface area contributed by atoms with Gasteiger partial charge in [-0.2, -0.15) is 5.10 Å². The fraction of sp³-hybridized carbons (Fsp3) is 0.556. The summed E-state index contributed by atoms with van der Waals surface area (Å²) in [5.41, 5.74) is 2.14. The summed E-state index contributed by atoms with van der Waals surface area (Å²) in [4.78, 5) is 34.2. The van der Waals surface area contributed by atoms with E-state index in [0.717, 1.165) is 21.3 Å². The Hall–Kier alpha value is -2.12. The molecule has 1 aliphatic heterocycles. The molecule has 0 spiro atoms. The SMILES string of the molecule is COC(=O)C1=NN[C@@H](C(=O)OC)[C@@H]1C(=O)OC. The quantitative estimate of drug-likeness (QED) is 0.473. The van der Waals surface area contributed by atoms with Crippen molar-refractivity contribution < 1.29 is 28.6 Å². The lowest BCUT2D eigenvalue weighted by Crippen LogP contribution is -2.44. The van der Waals surface area contributed by atoms with E-state index in [1.165, 1.54) is 0 Å². The van der Waals surface area contributed by atoms with E-state index in [1.54, 1.807) is 0 Å². The number of nitrogens with one attached hydrogen (secondary N) is 1. The molecular weight excluding hydrogens is 232 g/mol. The number of carbonyl (C=O) groups is 3. The molecule has 0 saturated carbocycles. The first-order valence-electron chi connectivity index (χ1n) is 4.63. The number of ether oxygens (including phenoxy) is 3. The third-order valence-corrected chi connectivity index (χ3v) is 2.26. The highest BCUT2D eigenvalue weighted by atomic mass is 16.5. The van der Waals surface area contributed by atoms with Crippen LogP contribution >= 0.6 is 0 Å². The molecule has 17 heavy (non-hydrogen) atoms. The summed E-state index contributed by atoms with van der Waals surface area (Å²) in [6.07, 6.45) is 0. The first kappa shape index (κ1) is 12.9. The number of methoxy groups -OCH3 is 3. The molecule has 94 valence electrons. The number of hydrazone groups is 1. The predicted molar refractivity (Wildman–Crippen MR) is 53.9 cm³/mol. The van der Waals surface area contributed by atoms with Crippen molar-refractivity contribution in [3.63, 3.8) is 0 Å². The number of rotatable bonds is 3. The molecule has 1 heterocycles. The molecule has 0 aromatic rings. The van der Waals surface area contributed by atoms with Crippen LogP contribution in [-0.4, -0.2) is 51.0 Å². The highest BCUT2D eigenvalue weighted by Gasteiger charge is 2.46. The molecule has 0 saturated heterocycles. The van der Waals surface area contributed by atoms with Gasteiger partial charge in [-0.05, 0) is 0 Å². The molecule has 0 fully saturated rings. The summed E-state index contributed by atoms with van der Waals surface area (Å²) in [6, 6.07) is -1.08. The van der Waals surface area contributed by atoms with E-state index in [0.29, 0.717) is 0 Å². The van der Waals surface area contributed by atoms with E-state index in [2.05, 4.69) is 24.7 Å². The summed E-state index contributed by atoms with van der Waals surface area (Å²) < 4.78 is 13.4. The second-order valence-corrected chi connectivity index (χ2v) is 3.12. The van der Waals surface area contributed by atoms with Gasteiger partial charge in [-0.1, -0.05) is 0 Å². The zero-order valence-electron chi connectivity index (χ0n) is 9.55. The molecular formula is C9H12N2O6. The Morgan fingerprint density at radius 1 is 1.06 bits per heavy atom. The van der Waals surface area contributed by atoms with E-state index in [1.807, 2.05) is 0 Å². The van der Waals surface area contributed by atoms with E-state index in [9.17, 15) is 14.4 Å². The normalized spacial score (nSPS) is 22.2. The van der Waals surface area contributed by atoms with Gasteiger partial charge < -0.3 is 14.2 Å². The average Bonchev–Trinajstić information content (AvgIpc) is 2.80. The van der Waals surface area contributed by atoms with Crippen LogP contribution in [0.5, 0.6) is 0 Å². The van der Waals surface area contributed by atoms with Crippen molar-refractivity contribution in [2.45, 2.75) is 6.04 Å². The molecule has 0 aliphatic carbocycles. The third kappa shape index (κ3) is 2.35. The molecule has 0 radical (unpaired) electrons. The molecule has 1 rings (SSSR count). The van der Waals surface area contributed by atoms with Crippen LogP contribution in [0.4, 0.5) is 0 Å². The van der Waals surface area contributed by atoms with Crippen molar-refractivity contribution in [1.29, 1.82) is 0 Å². The number of esters is 3. The van der Waals surface area contributed by atoms with Gasteiger partial charge in [-0.3, -0.25) is 10.2 Å². The maximum Gasteiger partial charge on any atom is 0.355 e. The number of carbonyl (C=O) groups excluding carboxylic acids is 3. The Morgan fingerprint density at radius 2 is 1.65 bits per heavy atom. The Balaban J connectivity index is 2.98.